The predicted octanol–water partition coefficient (Wildman–Crippen LogP) is 4.62. The number of aryl methyl sites for hydroxylation is 1. The SMILES string of the molecule is CCOC(=O)c1ccc(OCC[C@@H](C)C2CCN(C(=O)OC(C)(C)C)CC2)nc1C. The zero-order chi connectivity index (χ0) is 22.3. The number of ether oxygens (including phenoxy) is 3. The summed E-state index contributed by atoms with van der Waals surface area (Å²) in [6.45, 7) is 13.8. The van der Waals surface area contributed by atoms with Crippen molar-refractivity contribution in [2.75, 3.05) is 26.3 Å². The molecule has 1 saturated heterocycles. The van der Waals surface area contributed by atoms with Crippen LogP contribution in [-0.4, -0.2) is 53.9 Å². The van der Waals surface area contributed by atoms with Crippen molar-refractivity contribution in [3.63, 3.8) is 0 Å². The molecule has 7 nitrogen and oxygen atoms in total. The molecule has 2 heterocycles. The number of hydrogen-bond acceptors (Lipinski definition) is 6. The first-order valence-corrected chi connectivity index (χ1v) is 10.9. The Balaban J connectivity index is 1.75. The van der Waals surface area contributed by atoms with E-state index in [4.69, 9.17) is 14.2 Å². The first kappa shape index (κ1) is 24.0. The maximum Gasteiger partial charge on any atom is 0.410 e. The number of rotatable bonds is 7. The van der Waals surface area contributed by atoms with Crippen LogP contribution in [0.3, 0.4) is 0 Å². The zero-order valence-electron chi connectivity index (χ0n) is 19.2. The standard InChI is InChI=1S/C23H36N2O5/c1-7-28-21(26)19-8-9-20(24-17(19)3)29-15-12-16(2)18-10-13-25(14-11-18)22(27)30-23(4,5)6/h8-9,16,18H,7,10-15H2,1-6H3/t16-/m1/s1. The van der Waals surface area contributed by atoms with Crippen LogP contribution in [0.1, 0.15) is 69.9 Å². The van der Waals surface area contributed by atoms with E-state index in [1.807, 2.05) is 25.7 Å². The smallest absolute Gasteiger partial charge is 0.410 e. The van der Waals surface area contributed by atoms with Gasteiger partial charge in [0.15, 0.2) is 0 Å². The number of piperidine rings is 1. The second-order valence-corrected chi connectivity index (χ2v) is 8.92. The molecule has 0 N–H and O–H groups in total. The number of aromatic nitrogens is 1. The topological polar surface area (TPSA) is 78.0 Å². The van der Waals surface area contributed by atoms with Gasteiger partial charge in [-0.25, -0.2) is 14.6 Å². The van der Waals surface area contributed by atoms with E-state index < -0.39 is 5.60 Å². The van der Waals surface area contributed by atoms with Gasteiger partial charge in [0.1, 0.15) is 5.60 Å². The summed E-state index contributed by atoms with van der Waals surface area (Å²) in [7, 11) is 0. The van der Waals surface area contributed by atoms with Crippen LogP contribution in [0.5, 0.6) is 5.88 Å². The Morgan fingerprint density at radius 2 is 1.90 bits per heavy atom. The molecule has 0 radical (unpaired) electrons. The van der Waals surface area contributed by atoms with E-state index in [0.29, 0.717) is 42.2 Å². The monoisotopic (exact) mass is 420 g/mol. The molecule has 7 heteroatoms. The first-order chi connectivity index (χ1) is 14.1. The third kappa shape index (κ3) is 7.18. The Morgan fingerprint density at radius 1 is 1.23 bits per heavy atom. The van der Waals surface area contributed by atoms with Gasteiger partial charge in [0.05, 0.1) is 24.5 Å². The van der Waals surface area contributed by atoms with Crippen molar-refractivity contribution in [3.05, 3.63) is 23.4 Å². The normalized spacial score (nSPS) is 16.1. The van der Waals surface area contributed by atoms with Gasteiger partial charge in [-0.05, 0) is 71.8 Å². The lowest BCUT2D eigenvalue weighted by atomic mass is 9.84. The van der Waals surface area contributed by atoms with E-state index in [-0.39, 0.29) is 12.1 Å². The fourth-order valence-electron chi connectivity index (χ4n) is 3.61. The van der Waals surface area contributed by atoms with Gasteiger partial charge in [-0.15, -0.1) is 0 Å². The van der Waals surface area contributed by atoms with Crippen LogP contribution in [0.4, 0.5) is 4.79 Å². The third-order valence-corrected chi connectivity index (χ3v) is 5.37. The van der Waals surface area contributed by atoms with Crippen molar-refractivity contribution in [2.45, 2.75) is 66.4 Å². The second kappa shape index (κ2) is 10.6. The molecule has 0 unspecified atom stereocenters. The summed E-state index contributed by atoms with van der Waals surface area (Å²) in [5, 5.41) is 0. The molecule has 1 aliphatic rings. The quantitative estimate of drug-likeness (QED) is 0.599. The number of esters is 1. The van der Waals surface area contributed by atoms with Crippen molar-refractivity contribution in [2.24, 2.45) is 11.8 Å². The molecule has 168 valence electrons. The molecule has 0 aliphatic carbocycles. The highest BCUT2D eigenvalue weighted by molar-refractivity contribution is 5.90. The van der Waals surface area contributed by atoms with Gasteiger partial charge >= 0.3 is 12.1 Å². The number of carbonyl (C=O) groups is 2. The molecule has 0 spiro atoms. The minimum atomic E-state index is -0.459. The fourth-order valence-corrected chi connectivity index (χ4v) is 3.61. The van der Waals surface area contributed by atoms with Crippen molar-refractivity contribution < 1.29 is 23.8 Å². The van der Waals surface area contributed by atoms with Gasteiger partial charge in [0.25, 0.3) is 0 Å². The lowest BCUT2D eigenvalue weighted by Crippen LogP contribution is -2.42. The molecule has 0 bridgehead atoms. The van der Waals surface area contributed by atoms with Crippen molar-refractivity contribution in [1.82, 2.24) is 9.88 Å². The number of carbonyl (C=O) groups excluding carboxylic acids is 2. The van der Waals surface area contributed by atoms with E-state index in [1.165, 1.54) is 0 Å². The summed E-state index contributed by atoms with van der Waals surface area (Å²) < 4.78 is 16.3. The summed E-state index contributed by atoms with van der Waals surface area (Å²) >= 11 is 0. The lowest BCUT2D eigenvalue weighted by Gasteiger charge is -2.35. The molecule has 1 aromatic rings. The average molecular weight is 421 g/mol. The van der Waals surface area contributed by atoms with E-state index in [2.05, 4.69) is 11.9 Å². The summed E-state index contributed by atoms with van der Waals surface area (Å²) in [5.41, 5.74) is 0.613. The summed E-state index contributed by atoms with van der Waals surface area (Å²) in [6.07, 6.45) is 2.65. The lowest BCUT2D eigenvalue weighted by molar-refractivity contribution is 0.0157. The zero-order valence-corrected chi connectivity index (χ0v) is 19.2. The van der Waals surface area contributed by atoms with Crippen molar-refractivity contribution in [3.8, 4) is 5.88 Å². The van der Waals surface area contributed by atoms with Gasteiger partial charge in [0.2, 0.25) is 5.88 Å². The Hall–Kier alpha value is -2.31. The highest BCUT2D eigenvalue weighted by Crippen LogP contribution is 2.28. The Kier molecular flexibility index (Phi) is 8.50. The largest absolute Gasteiger partial charge is 0.478 e. The van der Waals surface area contributed by atoms with E-state index in [9.17, 15) is 9.59 Å². The molecule has 1 amide bonds. The number of pyridine rings is 1. The molecular formula is C23H36N2O5. The Labute approximate surface area is 180 Å². The summed E-state index contributed by atoms with van der Waals surface area (Å²) in [6, 6.07) is 3.41. The van der Waals surface area contributed by atoms with Crippen LogP contribution >= 0.6 is 0 Å². The van der Waals surface area contributed by atoms with Gasteiger partial charge in [0, 0.05) is 19.2 Å². The highest BCUT2D eigenvalue weighted by Gasteiger charge is 2.29. The summed E-state index contributed by atoms with van der Waals surface area (Å²) in [4.78, 5) is 30.2. The number of likely N-dealkylation sites (tertiary alicyclic amines) is 1. The van der Waals surface area contributed by atoms with Gasteiger partial charge in [-0.3, -0.25) is 0 Å². The first-order valence-electron chi connectivity index (χ1n) is 10.9. The fraction of sp³-hybridized carbons (Fsp3) is 0.696. The highest BCUT2D eigenvalue weighted by atomic mass is 16.6. The molecule has 1 aliphatic heterocycles. The maximum atomic E-state index is 12.2. The van der Waals surface area contributed by atoms with Crippen molar-refractivity contribution >= 4 is 12.1 Å². The molecular weight excluding hydrogens is 384 g/mol. The minimum Gasteiger partial charge on any atom is -0.478 e. The maximum absolute atomic E-state index is 12.2. The predicted molar refractivity (Wildman–Crippen MR) is 115 cm³/mol. The van der Waals surface area contributed by atoms with Gasteiger partial charge in [-0.1, -0.05) is 6.92 Å². The molecule has 0 aromatic carbocycles. The molecule has 1 atom stereocenters. The average Bonchev–Trinajstić information content (AvgIpc) is 2.67. The number of hydrogen-bond donors (Lipinski definition) is 0. The minimum absolute atomic E-state index is 0.218. The van der Waals surface area contributed by atoms with Gasteiger partial charge < -0.3 is 19.1 Å². The van der Waals surface area contributed by atoms with E-state index >= 15 is 0 Å². The van der Waals surface area contributed by atoms with Crippen LogP contribution in [0.15, 0.2) is 12.1 Å². The molecule has 0 saturated carbocycles. The number of nitrogens with zero attached hydrogens (tertiary/aromatic N) is 2. The third-order valence-electron chi connectivity index (χ3n) is 5.37. The molecule has 1 fully saturated rings. The van der Waals surface area contributed by atoms with Crippen LogP contribution in [-0.2, 0) is 9.47 Å². The number of amides is 1. The molecule has 30 heavy (non-hydrogen) atoms. The van der Waals surface area contributed by atoms with Crippen LogP contribution in [0, 0.1) is 18.8 Å². The van der Waals surface area contributed by atoms with E-state index in [1.54, 1.807) is 26.0 Å². The summed E-state index contributed by atoms with van der Waals surface area (Å²) in [5.74, 6) is 1.21. The Bertz CT molecular complexity index is 721. The Morgan fingerprint density at radius 3 is 2.47 bits per heavy atom. The van der Waals surface area contributed by atoms with Crippen LogP contribution in [0.2, 0.25) is 0 Å². The van der Waals surface area contributed by atoms with Crippen molar-refractivity contribution in [1.29, 1.82) is 0 Å². The molecule has 1 aromatic heterocycles. The van der Waals surface area contributed by atoms with E-state index in [0.717, 1.165) is 32.4 Å². The van der Waals surface area contributed by atoms with Crippen LogP contribution < -0.4 is 4.74 Å². The molecule has 2 rings (SSSR count). The van der Waals surface area contributed by atoms with Crippen LogP contribution in [0.25, 0.3) is 0 Å². The second-order valence-electron chi connectivity index (χ2n) is 8.92. The van der Waals surface area contributed by atoms with Gasteiger partial charge in [-0.2, -0.15) is 0 Å².